The third-order valence-electron chi connectivity index (χ3n) is 6.06. The molecule has 0 spiro atoms. The first-order valence-corrected chi connectivity index (χ1v) is 12.2. The molecule has 2 aliphatic heterocycles. The number of likely N-dealkylation sites (N-methyl/N-ethyl adjacent to an activating group) is 2. The van der Waals surface area contributed by atoms with Crippen LogP contribution in [0.4, 0.5) is 0 Å². The van der Waals surface area contributed by atoms with Crippen LogP contribution >= 0.6 is 11.6 Å². The van der Waals surface area contributed by atoms with E-state index in [0.717, 1.165) is 62.7 Å². The Kier molecular flexibility index (Phi) is 8.61. The molecule has 0 aromatic heterocycles. The molecule has 160 valence electrons. The van der Waals surface area contributed by atoms with Crippen molar-refractivity contribution in [2.45, 2.75) is 47.0 Å². The van der Waals surface area contributed by atoms with Crippen LogP contribution in [0.25, 0.3) is 0 Å². The second-order valence-corrected chi connectivity index (χ2v) is 10.0. The molecule has 2 heterocycles. The first kappa shape index (κ1) is 23.5. The van der Waals surface area contributed by atoms with Crippen molar-refractivity contribution in [1.82, 2.24) is 19.6 Å². The maximum atomic E-state index is 11.9. The maximum Gasteiger partial charge on any atom is 0.0910 e. The highest BCUT2D eigenvalue weighted by molar-refractivity contribution is 7.81. The summed E-state index contributed by atoms with van der Waals surface area (Å²) in [6.45, 7) is 13.3. The molecule has 0 bridgehead atoms. The third kappa shape index (κ3) is 6.09. The number of halogens is 1. The van der Waals surface area contributed by atoms with E-state index in [4.69, 9.17) is 11.6 Å². The van der Waals surface area contributed by atoms with E-state index in [1.54, 1.807) is 6.26 Å². The Morgan fingerprint density at radius 2 is 2.04 bits per heavy atom. The summed E-state index contributed by atoms with van der Waals surface area (Å²) >= 11 is 6.53. The average molecular weight is 429 g/mol. The Morgan fingerprint density at radius 1 is 1.32 bits per heavy atom. The molecule has 0 aliphatic carbocycles. The van der Waals surface area contributed by atoms with Gasteiger partial charge in [0.05, 0.1) is 11.0 Å². The Balaban J connectivity index is 2.20. The lowest BCUT2D eigenvalue weighted by atomic mass is 9.81. The molecule has 28 heavy (non-hydrogen) atoms. The standard InChI is InChI=1S/C21H37ClN4OS/c1-7-21(10-12-26(16-21)28(6)27)9-11-25(8-2)20-14-19(22)13-18(4)23-24(5)15-17(20)3/h13-14,23H,7-12,15-16H2,1-6H3/b18-13+,19-14+,20-17-. The van der Waals surface area contributed by atoms with Gasteiger partial charge in [-0.2, -0.15) is 0 Å². The summed E-state index contributed by atoms with van der Waals surface area (Å²) in [5.41, 5.74) is 7.15. The number of allylic oxidation sites excluding steroid dienone is 4. The molecule has 0 aromatic rings. The van der Waals surface area contributed by atoms with Crippen molar-refractivity contribution >= 4 is 22.6 Å². The molecule has 2 rings (SSSR count). The van der Waals surface area contributed by atoms with Gasteiger partial charge in [0.2, 0.25) is 0 Å². The molecule has 2 atom stereocenters. The predicted octanol–water partition coefficient (Wildman–Crippen LogP) is 3.84. The van der Waals surface area contributed by atoms with E-state index in [-0.39, 0.29) is 5.41 Å². The molecule has 1 saturated heterocycles. The van der Waals surface area contributed by atoms with Crippen molar-refractivity contribution < 1.29 is 4.21 Å². The van der Waals surface area contributed by atoms with Crippen molar-refractivity contribution in [2.24, 2.45) is 5.41 Å². The molecule has 0 saturated carbocycles. The average Bonchev–Trinajstić information content (AvgIpc) is 3.06. The van der Waals surface area contributed by atoms with Gasteiger partial charge in [-0.25, -0.2) is 13.5 Å². The predicted molar refractivity (Wildman–Crippen MR) is 121 cm³/mol. The topological polar surface area (TPSA) is 38.8 Å². The van der Waals surface area contributed by atoms with Gasteiger partial charge in [0.15, 0.2) is 0 Å². The van der Waals surface area contributed by atoms with Crippen LogP contribution in [0.15, 0.2) is 34.2 Å². The SMILES string of the molecule is CCN(CCC1(CC)CCN(S(C)=O)C1)C1=C(/C)CN(C)N/C(C)=C/C(Cl)=C\1. The molecule has 5 nitrogen and oxygen atoms in total. The zero-order valence-electron chi connectivity index (χ0n) is 18.3. The number of nitrogens with zero attached hydrogens (tertiary/aromatic N) is 3. The highest BCUT2D eigenvalue weighted by Gasteiger charge is 2.38. The summed E-state index contributed by atoms with van der Waals surface area (Å²) in [7, 11) is 1.18. The molecule has 0 amide bonds. The van der Waals surface area contributed by atoms with Crippen LogP contribution < -0.4 is 5.43 Å². The Labute approximate surface area is 179 Å². The van der Waals surface area contributed by atoms with Crippen molar-refractivity contribution in [3.8, 4) is 0 Å². The van der Waals surface area contributed by atoms with Crippen LogP contribution in [-0.2, 0) is 11.0 Å². The molecule has 2 aliphatic rings. The number of hydrogen-bond acceptors (Lipinski definition) is 4. The Morgan fingerprint density at radius 3 is 2.61 bits per heavy atom. The van der Waals surface area contributed by atoms with E-state index >= 15 is 0 Å². The quantitative estimate of drug-likeness (QED) is 0.668. The van der Waals surface area contributed by atoms with E-state index in [0.29, 0.717) is 0 Å². The number of nitrogens with one attached hydrogen (secondary N) is 1. The highest BCUT2D eigenvalue weighted by atomic mass is 35.5. The van der Waals surface area contributed by atoms with Gasteiger partial charge in [-0.15, -0.1) is 0 Å². The zero-order valence-corrected chi connectivity index (χ0v) is 19.9. The van der Waals surface area contributed by atoms with E-state index in [1.807, 2.05) is 13.0 Å². The van der Waals surface area contributed by atoms with Crippen LogP contribution in [0, 0.1) is 5.41 Å². The van der Waals surface area contributed by atoms with E-state index in [9.17, 15) is 4.21 Å². The maximum absolute atomic E-state index is 11.9. The van der Waals surface area contributed by atoms with Gasteiger partial charge in [0, 0.05) is 62.5 Å². The number of rotatable bonds is 7. The van der Waals surface area contributed by atoms with Gasteiger partial charge in [-0.1, -0.05) is 18.5 Å². The smallest absolute Gasteiger partial charge is 0.0910 e. The molecular weight excluding hydrogens is 392 g/mol. The van der Waals surface area contributed by atoms with Crippen molar-refractivity contribution in [3.63, 3.8) is 0 Å². The lowest BCUT2D eigenvalue weighted by Crippen LogP contribution is -2.36. The van der Waals surface area contributed by atoms with Crippen LogP contribution in [0.3, 0.4) is 0 Å². The summed E-state index contributed by atoms with van der Waals surface area (Å²) in [6.07, 6.45) is 9.24. The molecule has 0 aromatic carbocycles. The van der Waals surface area contributed by atoms with Gasteiger partial charge >= 0.3 is 0 Å². The molecular formula is C21H37ClN4OS. The second kappa shape index (κ2) is 10.3. The van der Waals surface area contributed by atoms with Crippen molar-refractivity contribution in [3.05, 3.63) is 34.2 Å². The zero-order chi connectivity index (χ0) is 20.9. The minimum atomic E-state index is -0.869. The number of hydrogen-bond donors (Lipinski definition) is 1. The summed E-state index contributed by atoms with van der Waals surface area (Å²) in [5, 5.41) is 2.84. The highest BCUT2D eigenvalue weighted by Crippen LogP contribution is 2.38. The molecule has 0 radical (unpaired) electrons. The fourth-order valence-electron chi connectivity index (χ4n) is 4.28. The van der Waals surface area contributed by atoms with E-state index < -0.39 is 11.0 Å². The first-order valence-electron chi connectivity index (χ1n) is 10.3. The van der Waals surface area contributed by atoms with Crippen molar-refractivity contribution in [1.29, 1.82) is 0 Å². The van der Waals surface area contributed by atoms with Gasteiger partial charge < -0.3 is 10.3 Å². The lowest BCUT2D eigenvalue weighted by Gasteiger charge is -2.33. The van der Waals surface area contributed by atoms with E-state index in [1.165, 1.54) is 11.3 Å². The largest absolute Gasteiger partial charge is 0.372 e. The Bertz CT molecular complexity index is 675. The second-order valence-electron chi connectivity index (χ2n) is 8.21. The summed E-state index contributed by atoms with van der Waals surface area (Å²) in [4.78, 5) is 2.45. The fraction of sp³-hybridized carbons (Fsp3) is 0.714. The minimum Gasteiger partial charge on any atom is -0.372 e. The van der Waals surface area contributed by atoms with Gasteiger partial charge in [0.1, 0.15) is 0 Å². The summed E-state index contributed by atoms with van der Waals surface area (Å²) < 4.78 is 14.0. The Hall–Kier alpha value is -0.820. The van der Waals surface area contributed by atoms with Gasteiger partial charge in [0.25, 0.3) is 0 Å². The van der Waals surface area contributed by atoms with E-state index in [2.05, 4.69) is 53.5 Å². The van der Waals surface area contributed by atoms with Gasteiger partial charge in [-0.05, 0) is 63.2 Å². The van der Waals surface area contributed by atoms with Crippen LogP contribution in [0.1, 0.15) is 47.0 Å². The minimum absolute atomic E-state index is 0.258. The summed E-state index contributed by atoms with van der Waals surface area (Å²) in [6, 6.07) is 0. The monoisotopic (exact) mass is 428 g/mol. The van der Waals surface area contributed by atoms with Crippen molar-refractivity contribution in [2.75, 3.05) is 46.0 Å². The van der Waals surface area contributed by atoms with Crippen LogP contribution in [-0.4, -0.2) is 64.5 Å². The fourth-order valence-corrected chi connectivity index (χ4v) is 5.35. The lowest BCUT2D eigenvalue weighted by molar-refractivity contribution is 0.223. The normalized spacial score (nSPS) is 32.4. The number of hydrazine groups is 1. The molecule has 1 fully saturated rings. The van der Waals surface area contributed by atoms with Crippen LogP contribution in [0.2, 0.25) is 0 Å². The third-order valence-corrected chi connectivity index (χ3v) is 7.32. The molecule has 2 unspecified atom stereocenters. The van der Waals surface area contributed by atoms with Gasteiger partial charge in [-0.3, -0.25) is 0 Å². The summed E-state index contributed by atoms with van der Waals surface area (Å²) in [5.74, 6) is 0. The molecule has 1 N–H and O–H groups in total. The first-order chi connectivity index (χ1) is 13.2. The van der Waals surface area contributed by atoms with Crippen LogP contribution in [0.5, 0.6) is 0 Å². The molecule has 7 heteroatoms.